The fraction of sp³-hybridized carbons (Fsp3) is 0.172. The van der Waals surface area contributed by atoms with E-state index in [4.69, 9.17) is 16.7 Å². The van der Waals surface area contributed by atoms with Gasteiger partial charge >= 0.3 is 5.97 Å². The summed E-state index contributed by atoms with van der Waals surface area (Å²) in [6, 6.07) is 14.5. The third-order valence-corrected chi connectivity index (χ3v) is 7.68. The molecule has 0 unspecified atom stereocenters. The Morgan fingerprint density at radius 2 is 1.81 bits per heavy atom. The van der Waals surface area contributed by atoms with Crippen LogP contribution in [0.5, 0.6) is 0 Å². The molecule has 186 valence electrons. The number of aromatic nitrogens is 1. The molecule has 2 aromatic carbocycles. The van der Waals surface area contributed by atoms with Gasteiger partial charge in [-0.2, -0.15) is 0 Å². The molecule has 0 saturated heterocycles. The maximum atomic E-state index is 12.2. The topological polar surface area (TPSA) is 84.3 Å². The zero-order chi connectivity index (χ0) is 26.9. The molecule has 3 rings (SSSR count). The Bertz CT molecular complexity index is 1510. The summed E-state index contributed by atoms with van der Waals surface area (Å²) < 4.78 is 24.3. The van der Waals surface area contributed by atoms with Crippen LogP contribution in [0.15, 0.2) is 95.6 Å². The van der Waals surface area contributed by atoms with Crippen molar-refractivity contribution in [3.05, 3.63) is 107 Å². The van der Waals surface area contributed by atoms with Gasteiger partial charge in [0.25, 0.3) is 0 Å². The van der Waals surface area contributed by atoms with Crippen molar-refractivity contribution in [3.63, 3.8) is 0 Å². The quantitative estimate of drug-likeness (QED) is 0.233. The van der Waals surface area contributed by atoms with Gasteiger partial charge in [-0.25, -0.2) is 13.2 Å². The number of rotatable bonds is 5. The normalized spacial score (nSPS) is 11.8. The molecule has 0 radical (unpaired) electrons. The first-order valence-electron chi connectivity index (χ1n) is 11.1. The molecule has 0 bridgehead atoms. The van der Waals surface area contributed by atoms with E-state index in [1.54, 1.807) is 50.3 Å². The molecule has 36 heavy (non-hydrogen) atoms. The Morgan fingerprint density at radius 3 is 2.42 bits per heavy atom. The largest absolute Gasteiger partial charge is 0.478 e. The minimum atomic E-state index is -3.34. The smallest absolute Gasteiger partial charge is 0.331 e. The molecule has 1 heterocycles. The van der Waals surface area contributed by atoms with Gasteiger partial charge in [0.05, 0.1) is 20.7 Å². The zero-order valence-electron chi connectivity index (χ0n) is 20.6. The molecular formula is C29H28ClNO4S. The average Bonchev–Trinajstić information content (AvgIpc) is 2.85. The summed E-state index contributed by atoms with van der Waals surface area (Å²) in [4.78, 5) is 15.0. The molecule has 0 aliphatic rings. The first kappa shape index (κ1) is 28.6. The Labute approximate surface area is 217 Å². The summed E-state index contributed by atoms with van der Waals surface area (Å²) >= 11 is 6.02. The number of halogens is 1. The molecule has 0 saturated carbocycles. The van der Waals surface area contributed by atoms with Crippen molar-refractivity contribution in [1.82, 2.24) is 4.98 Å². The van der Waals surface area contributed by atoms with Gasteiger partial charge in [0.15, 0.2) is 9.84 Å². The highest BCUT2D eigenvalue weighted by atomic mass is 35.5. The summed E-state index contributed by atoms with van der Waals surface area (Å²) in [7, 11) is -3.34. The van der Waals surface area contributed by atoms with Gasteiger partial charge in [-0.1, -0.05) is 72.5 Å². The van der Waals surface area contributed by atoms with Crippen LogP contribution < -0.4 is 0 Å². The highest BCUT2D eigenvalue weighted by Crippen LogP contribution is 2.28. The highest BCUT2D eigenvalue weighted by molar-refractivity contribution is 7.92. The van der Waals surface area contributed by atoms with E-state index in [1.165, 1.54) is 19.2 Å². The van der Waals surface area contributed by atoms with Crippen LogP contribution in [0.4, 0.5) is 0 Å². The van der Waals surface area contributed by atoms with Crippen LogP contribution >= 0.6 is 11.6 Å². The van der Waals surface area contributed by atoms with Crippen molar-refractivity contribution in [2.75, 3.05) is 0 Å². The number of pyridine rings is 1. The fourth-order valence-corrected chi connectivity index (χ4v) is 4.32. The van der Waals surface area contributed by atoms with Crippen molar-refractivity contribution in [2.45, 2.75) is 37.8 Å². The molecule has 0 spiro atoms. The Morgan fingerprint density at radius 1 is 1.11 bits per heavy atom. The highest BCUT2D eigenvalue weighted by Gasteiger charge is 2.22. The van der Waals surface area contributed by atoms with E-state index in [-0.39, 0.29) is 10.5 Å². The SMILES string of the molecule is C=C/C(C#Cc1ccccc1C)=C\C=C(/C)C(=O)O.CC(C)S(=O)(=O)c1cccc2c(Cl)ccnc12. The summed E-state index contributed by atoms with van der Waals surface area (Å²) in [5.41, 5.74) is 3.44. The van der Waals surface area contributed by atoms with E-state index >= 15 is 0 Å². The second kappa shape index (κ2) is 12.9. The van der Waals surface area contributed by atoms with E-state index in [0.717, 1.165) is 11.1 Å². The minimum absolute atomic E-state index is 0.243. The van der Waals surface area contributed by atoms with Gasteiger partial charge < -0.3 is 5.11 Å². The first-order valence-corrected chi connectivity index (χ1v) is 13.0. The van der Waals surface area contributed by atoms with Crippen molar-refractivity contribution in [2.24, 2.45) is 0 Å². The molecule has 0 fully saturated rings. The first-order chi connectivity index (χ1) is 17.0. The van der Waals surface area contributed by atoms with E-state index in [2.05, 4.69) is 23.4 Å². The number of aliphatic carboxylic acids is 1. The maximum Gasteiger partial charge on any atom is 0.331 e. The number of carboxylic acids is 1. The zero-order valence-corrected chi connectivity index (χ0v) is 22.2. The molecule has 7 heteroatoms. The van der Waals surface area contributed by atoms with Gasteiger partial charge in [0.2, 0.25) is 0 Å². The third-order valence-electron chi connectivity index (χ3n) is 5.16. The molecule has 3 aromatic rings. The summed E-state index contributed by atoms with van der Waals surface area (Å²) in [6.07, 6.45) is 6.30. The predicted octanol–water partition coefficient (Wildman–Crippen LogP) is 6.56. The van der Waals surface area contributed by atoms with Crippen LogP contribution in [-0.2, 0) is 14.6 Å². The van der Waals surface area contributed by atoms with Crippen LogP contribution in [0, 0.1) is 18.8 Å². The summed E-state index contributed by atoms with van der Waals surface area (Å²) in [5, 5.41) is 9.45. The number of aryl methyl sites for hydroxylation is 1. The average molecular weight is 522 g/mol. The second-order valence-corrected chi connectivity index (χ2v) is 11.0. The molecule has 0 aliphatic heterocycles. The predicted molar refractivity (Wildman–Crippen MR) is 147 cm³/mol. The molecule has 5 nitrogen and oxygen atoms in total. The number of carbonyl (C=O) groups is 1. The summed E-state index contributed by atoms with van der Waals surface area (Å²) in [6.45, 7) is 10.5. The van der Waals surface area contributed by atoms with E-state index in [1.807, 2.05) is 31.2 Å². The Kier molecular flexibility index (Phi) is 10.2. The molecule has 1 N–H and O–H groups in total. The minimum Gasteiger partial charge on any atom is -0.478 e. The molecule has 0 aliphatic carbocycles. The van der Waals surface area contributed by atoms with Gasteiger partial charge in [-0.3, -0.25) is 4.98 Å². The number of sulfone groups is 1. The van der Waals surface area contributed by atoms with E-state index < -0.39 is 21.1 Å². The number of hydrogen-bond acceptors (Lipinski definition) is 4. The van der Waals surface area contributed by atoms with Crippen LogP contribution in [0.1, 0.15) is 31.9 Å². The molecule has 0 atom stereocenters. The molecule has 0 amide bonds. The standard InChI is InChI=1S/C17H16O2.C12H12ClNO2S/c1-4-15(10-9-14(3)17(18)19)11-12-16-8-6-5-7-13(16)2;1-8(2)17(15,16)11-5-3-4-9-10(13)6-7-14-12(9)11/h4-10H,1H2,2-3H3,(H,18,19);3-8H,1-2H3/b14-9+,15-10+;. The number of hydrogen-bond donors (Lipinski definition) is 1. The van der Waals surface area contributed by atoms with Crippen molar-refractivity contribution in [3.8, 4) is 11.8 Å². The number of carboxylic acid groups (broad SMARTS) is 1. The van der Waals surface area contributed by atoms with E-state index in [0.29, 0.717) is 21.5 Å². The lowest BCUT2D eigenvalue weighted by atomic mass is 10.1. The van der Waals surface area contributed by atoms with Gasteiger partial charge in [-0.15, -0.1) is 0 Å². The number of fused-ring (bicyclic) bond motifs is 1. The van der Waals surface area contributed by atoms with Gasteiger partial charge in [0, 0.05) is 28.3 Å². The Balaban J connectivity index is 0.000000255. The lowest BCUT2D eigenvalue weighted by Gasteiger charge is -2.10. The van der Waals surface area contributed by atoms with E-state index in [9.17, 15) is 13.2 Å². The molecular weight excluding hydrogens is 494 g/mol. The monoisotopic (exact) mass is 521 g/mol. The van der Waals surface area contributed by atoms with Crippen LogP contribution in [0.25, 0.3) is 10.9 Å². The number of para-hydroxylation sites is 1. The van der Waals surface area contributed by atoms with Gasteiger partial charge in [0.1, 0.15) is 0 Å². The number of nitrogens with zero attached hydrogens (tertiary/aromatic N) is 1. The van der Waals surface area contributed by atoms with Crippen LogP contribution in [0.3, 0.4) is 0 Å². The number of allylic oxidation sites excluding steroid dienone is 4. The van der Waals surface area contributed by atoms with Crippen molar-refractivity contribution < 1.29 is 18.3 Å². The number of benzene rings is 2. The van der Waals surface area contributed by atoms with Crippen LogP contribution in [-0.4, -0.2) is 29.7 Å². The maximum absolute atomic E-state index is 12.2. The second-order valence-electron chi connectivity index (χ2n) is 8.08. The Hall–Kier alpha value is -3.66. The summed E-state index contributed by atoms with van der Waals surface area (Å²) in [5.74, 6) is 5.09. The third kappa shape index (κ3) is 7.42. The molecule has 1 aromatic heterocycles. The van der Waals surface area contributed by atoms with Crippen molar-refractivity contribution >= 4 is 38.3 Å². The van der Waals surface area contributed by atoms with Crippen molar-refractivity contribution in [1.29, 1.82) is 0 Å². The fourth-order valence-electron chi connectivity index (χ4n) is 2.90. The van der Waals surface area contributed by atoms with Crippen LogP contribution in [0.2, 0.25) is 5.02 Å². The lowest BCUT2D eigenvalue weighted by molar-refractivity contribution is -0.132. The lowest BCUT2D eigenvalue weighted by Crippen LogP contribution is -2.14. The van der Waals surface area contributed by atoms with Gasteiger partial charge in [-0.05, 0) is 57.5 Å².